The van der Waals surface area contributed by atoms with Crippen LogP contribution in [0.5, 0.6) is 0 Å². The van der Waals surface area contributed by atoms with Gasteiger partial charge in [0.15, 0.2) is 0 Å². The topological polar surface area (TPSA) is 0 Å². The van der Waals surface area contributed by atoms with Crippen LogP contribution < -0.4 is 0 Å². The minimum absolute atomic E-state index is 1.82. The quantitative estimate of drug-likeness (QED) is 0.284. The predicted octanol–water partition coefficient (Wildman–Crippen LogP) is 0.213. The molecule has 0 atom stereocenters. The van der Waals surface area contributed by atoms with E-state index in [2.05, 4.69) is 18.3 Å². The molecule has 0 N–H and O–H groups in total. The van der Waals surface area contributed by atoms with Crippen LogP contribution in [0.1, 0.15) is 0 Å². The van der Waals surface area contributed by atoms with Crippen molar-refractivity contribution in [3.63, 3.8) is 0 Å². The summed E-state index contributed by atoms with van der Waals surface area (Å²) in [4.78, 5) is 0. The lowest BCUT2D eigenvalue weighted by atomic mass is 10.6. The fourth-order valence-electron chi connectivity index (χ4n) is 0.0673. The molecule has 0 heterocycles. The first-order chi connectivity index (χ1) is 2.91. The van der Waals surface area contributed by atoms with Gasteiger partial charge >= 0.3 is 0 Å². The van der Waals surface area contributed by atoms with E-state index in [9.17, 15) is 0 Å². The average molecular weight is 73.1 g/mol. The standard InChI is InChI=1S/C6H/c1-3-5-6-4-2/h1H/q-1. The van der Waals surface area contributed by atoms with E-state index in [4.69, 9.17) is 6.42 Å². The summed E-state index contributed by atoms with van der Waals surface area (Å²) in [6.07, 6.45) is 10.9. The van der Waals surface area contributed by atoms with Crippen LogP contribution in [0.3, 0.4) is 0 Å². The number of terminal acetylenes is 1. The van der Waals surface area contributed by atoms with Gasteiger partial charge in [-0.1, -0.05) is 0 Å². The number of hydrogen-bond donors (Lipinski definition) is 0. The monoisotopic (exact) mass is 73.0 g/mol. The molecule has 0 aromatic heterocycles. The normalized spacial score (nSPS) is 3.00. The molecule has 0 amide bonds. The van der Waals surface area contributed by atoms with Crippen LogP contribution >= 0.6 is 0 Å². The van der Waals surface area contributed by atoms with Gasteiger partial charge in [0.05, 0.1) is 0 Å². The highest BCUT2D eigenvalue weighted by atomic mass is 13.4. The SMILES string of the molecule is [C-]#CC#CC#C. The lowest BCUT2D eigenvalue weighted by Crippen LogP contribution is -1.42. The summed E-state index contributed by atoms with van der Waals surface area (Å²) in [6.45, 7) is 0. The van der Waals surface area contributed by atoms with E-state index in [-0.39, 0.29) is 0 Å². The van der Waals surface area contributed by atoms with Gasteiger partial charge in [-0.15, -0.1) is 12.3 Å². The Bertz CT molecular complexity index is 133. The van der Waals surface area contributed by atoms with Crippen LogP contribution in [0.2, 0.25) is 0 Å². The molecular formula is C6H-. The predicted molar refractivity (Wildman–Crippen MR) is 23.7 cm³/mol. The second-order valence-corrected chi connectivity index (χ2v) is 0.519. The molecule has 0 aliphatic carbocycles. The molecule has 0 saturated heterocycles. The van der Waals surface area contributed by atoms with Crippen LogP contribution in [-0.2, 0) is 0 Å². The molecule has 0 aliphatic heterocycles. The Labute approximate surface area is 37.6 Å². The molecule has 0 bridgehead atoms. The molecule has 6 heavy (non-hydrogen) atoms. The molecule has 0 fully saturated rings. The molecule has 0 aromatic rings. The summed E-state index contributed by atoms with van der Waals surface area (Å²) in [5.41, 5.74) is 0. The molecular weight excluding hydrogens is 72.1 g/mol. The minimum atomic E-state index is 1.82. The van der Waals surface area contributed by atoms with Crippen molar-refractivity contribution in [2.75, 3.05) is 0 Å². The van der Waals surface area contributed by atoms with Gasteiger partial charge in [-0.05, 0) is 5.92 Å². The third-order valence-electron chi connectivity index (χ3n) is 0.197. The van der Waals surface area contributed by atoms with Crippen LogP contribution in [-0.4, -0.2) is 0 Å². The molecule has 0 unspecified atom stereocenters. The van der Waals surface area contributed by atoms with E-state index in [0.29, 0.717) is 0 Å². The largest absolute Gasteiger partial charge is 0.358 e. The second kappa shape index (κ2) is 3.68. The zero-order chi connectivity index (χ0) is 4.83. The van der Waals surface area contributed by atoms with Crippen molar-refractivity contribution in [1.82, 2.24) is 0 Å². The maximum atomic E-state index is 6.19. The van der Waals surface area contributed by atoms with Gasteiger partial charge in [0, 0.05) is 0 Å². The Morgan fingerprint density at radius 1 is 1.33 bits per heavy atom. The van der Waals surface area contributed by atoms with Crippen molar-refractivity contribution < 1.29 is 0 Å². The minimum Gasteiger partial charge on any atom is -0.358 e. The van der Waals surface area contributed by atoms with E-state index in [1.165, 1.54) is 0 Å². The van der Waals surface area contributed by atoms with Crippen molar-refractivity contribution in [1.29, 1.82) is 0 Å². The summed E-state index contributed by atoms with van der Waals surface area (Å²) >= 11 is 0. The molecule has 26 valence electrons. The van der Waals surface area contributed by atoms with Crippen molar-refractivity contribution in [2.45, 2.75) is 0 Å². The van der Waals surface area contributed by atoms with Gasteiger partial charge in [0.25, 0.3) is 0 Å². The smallest absolute Gasteiger partial charge is 0.0401 e. The van der Waals surface area contributed by atoms with Gasteiger partial charge < -0.3 is 6.42 Å². The molecule has 0 heteroatoms. The van der Waals surface area contributed by atoms with Crippen LogP contribution in [0.25, 0.3) is 0 Å². The maximum Gasteiger partial charge on any atom is -0.0401 e. The first-order valence-electron chi connectivity index (χ1n) is 1.29. The average Bonchev–Trinajstić information content (AvgIpc) is 1.61. The Morgan fingerprint density at radius 2 is 2.00 bits per heavy atom. The van der Waals surface area contributed by atoms with Crippen molar-refractivity contribution in [3.05, 3.63) is 6.42 Å². The van der Waals surface area contributed by atoms with Gasteiger partial charge in [-0.25, -0.2) is 5.92 Å². The maximum absolute atomic E-state index is 6.19. The molecule has 0 spiro atoms. The summed E-state index contributed by atoms with van der Waals surface area (Å²) < 4.78 is 0. The fourth-order valence-corrected chi connectivity index (χ4v) is 0.0673. The fraction of sp³-hybridized carbons (Fsp3) is 0. The molecule has 0 radical (unpaired) electrons. The Balaban J connectivity index is 3.60. The van der Waals surface area contributed by atoms with Crippen molar-refractivity contribution >= 4 is 0 Å². The highest BCUT2D eigenvalue weighted by Gasteiger charge is 1.27. The zero-order valence-electron chi connectivity index (χ0n) is 3.08. The van der Waals surface area contributed by atoms with E-state index in [1.54, 1.807) is 0 Å². The highest BCUT2D eigenvalue weighted by Crippen LogP contribution is 1.43. The van der Waals surface area contributed by atoms with Crippen LogP contribution in [0.15, 0.2) is 0 Å². The van der Waals surface area contributed by atoms with Crippen molar-refractivity contribution in [2.24, 2.45) is 0 Å². The number of rotatable bonds is 0. The molecule has 0 nitrogen and oxygen atoms in total. The first-order valence-corrected chi connectivity index (χ1v) is 1.29. The second-order valence-electron chi connectivity index (χ2n) is 0.519. The van der Waals surface area contributed by atoms with E-state index in [0.717, 1.165) is 0 Å². The lowest BCUT2D eigenvalue weighted by Gasteiger charge is -1.61. The molecule has 0 aromatic carbocycles. The summed E-state index contributed by atoms with van der Waals surface area (Å²) in [7, 11) is 0. The summed E-state index contributed by atoms with van der Waals surface area (Å²) in [6, 6.07) is 0. The van der Waals surface area contributed by atoms with Crippen LogP contribution in [0.4, 0.5) is 0 Å². The van der Waals surface area contributed by atoms with E-state index < -0.39 is 0 Å². The van der Waals surface area contributed by atoms with E-state index >= 15 is 0 Å². The van der Waals surface area contributed by atoms with Gasteiger partial charge in [-0.2, -0.15) is 0 Å². The number of hydrogen-bond acceptors (Lipinski definition) is 0. The van der Waals surface area contributed by atoms with Crippen molar-refractivity contribution in [3.8, 4) is 30.1 Å². The summed E-state index contributed by atoms with van der Waals surface area (Å²) in [5.74, 6) is 8.15. The molecule has 0 rings (SSSR count). The van der Waals surface area contributed by atoms with Gasteiger partial charge in [0.2, 0.25) is 0 Å². The molecule has 0 saturated carbocycles. The Kier molecular flexibility index (Phi) is 2.87. The Hall–Kier alpha value is -1.32. The van der Waals surface area contributed by atoms with Gasteiger partial charge in [0.1, 0.15) is 0 Å². The zero-order valence-corrected chi connectivity index (χ0v) is 3.08. The van der Waals surface area contributed by atoms with Crippen LogP contribution in [0, 0.1) is 36.5 Å². The third kappa shape index (κ3) is 2.68. The lowest BCUT2D eigenvalue weighted by molar-refractivity contribution is 2.43. The van der Waals surface area contributed by atoms with E-state index in [1.807, 2.05) is 11.8 Å². The molecule has 0 aliphatic rings. The van der Waals surface area contributed by atoms with Gasteiger partial charge in [-0.3, -0.25) is 5.92 Å². The summed E-state index contributed by atoms with van der Waals surface area (Å²) in [5, 5.41) is 0. The first kappa shape index (κ1) is 4.68. The third-order valence-corrected chi connectivity index (χ3v) is 0.197. The Morgan fingerprint density at radius 3 is 2.17 bits per heavy atom. The highest BCUT2D eigenvalue weighted by molar-refractivity contribution is 5.30.